The minimum absolute atomic E-state index is 0.220. The van der Waals surface area contributed by atoms with Gasteiger partial charge in [-0.3, -0.25) is 9.69 Å². The normalized spacial score (nSPS) is 12.6. The number of nitrogens with zero attached hydrogens (tertiary/aromatic N) is 4. The molecule has 3 rings (SSSR count). The summed E-state index contributed by atoms with van der Waals surface area (Å²) in [5, 5.41) is 7.19. The van der Waals surface area contributed by atoms with Gasteiger partial charge >= 0.3 is 0 Å². The highest BCUT2D eigenvalue weighted by atomic mass is 16.3. The molecule has 0 saturated carbocycles. The zero-order chi connectivity index (χ0) is 17.8. The lowest BCUT2D eigenvalue weighted by Gasteiger charge is -2.17. The summed E-state index contributed by atoms with van der Waals surface area (Å²) in [5.41, 5.74) is 2.07. The molecule has 25 heavy (non-hydrogen) atoms. The van der Waals surface area contributed by atoms with E-state index >= 15 is 0 Å². The smallest absolute Gasteiger partial charge is 0.257 e. The van der Waals surface area contributed by atoms with Gasteiger partial charge < -0.3 is 9.73 Å². The Morgan fingerprint density at radius 1 is 1.36 bits per heavy atom. The minimum atomic E-state index is -0.223. The topological polar surface area (TPSA) is 75.7 Å². The van der Waals surface area contributed by atoms with Crippen LogP contribution in [0.4, 0.5) is 0 Å². The molecule has 0 saturated heterocycles. The number of rotatable bonds is 7. The minimum Gasteiger partial charge on any atom is -0.467 e. The van der Waals surface area contributed by atoms with Crippen molar-refractivity contribution in [2.24, 2.45) is 0 Å². The second kappa shape index (κ2) is 7.48. The summed E-state index contributed by atoms with van der Waals surface area (Å²) < 4.78 is 6.98. The van der Waals surface area contributed by atoms with Crippen LogP contribution < -0.4 is 5.32 Å². The van der Waals surface area contributed by atoms with Crippen molar-refractivity contribution in [1.82, 2.24) is 24.8 Å². The fraction of sp³-hybridized carbons (Fsp3) is 0.389. The van der Waals surface area contributed by atoms with Crippen LogP contribution in [0, 0.1) is 0 Å². The average molecular weight is 341 g/mol. The van der Waals surface area contributed by atoms with Gasteiger partial charge in [-0.1, -0.05) is 13.8 Å². The van der Waals surface area contributed by atoms with Gasteiger partial charge in [0.05, 0.1) is 18.5 Å². The summed E-state index contributed by atoms with van der Waals surface area (Å²) in [7, 11) is 0. The van der Waals surface area contributed by atoms with Crippen LogP contribution in [-0.2, 0) is 6.54 Å². The molecule has 0 aromatic carbocycles. The second-order valence-corrected chi connectivity index (χ2v) is 5.96. The van der Waals surface area contributed by atoms with E-state index in [1.54, 1.807) is 23.0 Å². The summed E-state index contributed by atoms with van der Waals surface area (Å²) in [6.07, 6.45) is 6.87. The monoisotopic (exact) mass is 341 g/mol. The maximum absolute atomic E-state index is 12.5. The number of carbonyl (C=O) groups is 1. The van der Waals surface area contributed by atoms with Crippen LogP contribution >= 0.6 is 0 Å². The summed E-state index contributed by atoms with van der Waals surface area (Å²) in [4.78, 5) is 19.3. The van der Waals surface area contributed by atoms with Crippen molar-refractivity contribution in [2.45, 2.75) is 33.4 Å². The third kappa shape index (κ3) is 3.71. The van der Waals surface area contributed by atoms with Gasteiger partial charge in [-0.25, -0.2) is 9.50 Å². The van der Waals surface area contributed by atoms with E-state index in [0.717, 1.165) is 25.2 Å². The number of furan rings is 1. The van der Waals surface area contributed by atoms with Crippen molar-refractivity contribution in [3.05, 3.63) is 53.9 Å². The highest BCUT2D eigenvalue weighted by Crippen LogP contribution is 2.15. The highest BCUT2D eigenvalue weighted by Gasteiger charge is 2.18. The summed E-state index contributed by atoms with van der Waals surface area (Å²) in [6, 6.07) is 3.41. The molecule has 0 aliphatic rings. The van der Waals surface area contributed by atoms with Gasteiger partial charge in [-0.05, 0) is 32.1 Å². The van der Waals surface area contributed by atoms with E-state index in [1.807, 2.05) is 25.4 Å². The Bertz CT molecular complexity index is 836. The largest absolute Gasteiger partial charge is 0.467 e. The zero-order valence-electron chi connectivity index (χ0n) is 14.8. The molecular formula is C18H23N5O2. The fourth-order valence-corrected chi connectivity index (χ4v) is 2.74. The molecule has 1 amide bonds. The first kappa shape index (κ1) is 17.2. The predicted molar refractivity (Wildman–Crippen MR) is 94.2 cm³/mol. The molecule has 132 valence electrons. The van der Waals surface area contributed by atoms with Crippen molar-refractivity contribution in [2.75, 3.05) is 13.1 Å². The van der Waals surface area contributed by atoms with Crippen LogP contribution in [0.25, 0.3) is 5.65 Å². The lowest BCUT2D eigenvalue weighted by atomic mass is 10.2. The molecule has 3 aromatic rings. The summed E-state index contributed by atoms with van der Waals surface area (Å²) >= 11 is 0. The van der Waals surface area contributed by atoms with E-state index in [0.29, 0.717) is 17.0 Å². The molecule has 0 aliphatic heterocycles. The Hall–Kier alpha value is -2.67. The number of carbonyl (C=O) groups excluding carboxylic acids is 1. The summed E-state index contributed by atoms with van der Waals surface area (Å²) in [6.45, 7) is 8.90. The van der Waals surface area contributed by atoms with E-state index in [2.05, 4.69) is 34.1 Å². The quantitative estimate of drug-likeness (QED) is 0.715. The third-order valence-corrected chi connectivity index (χ3v) is 4.27. The second-order valence-electron chi connectivity index (χ2n) is 5.96. The Balaban J connectivity index is 1.77. The van der Waals surface area contributed by atoms with Crippen LogP contribution in [0.3, 0.4) is 0 Å². The number of nitrogens with one attached hydrogen (secondary N) is 1. The van der Waals surface area contributed by atoms with Gasteiger partial charge in [0.2, 0.25) is 0 Å². The van der Waals surface area contributed by atoms with Gasteiger partial charge in [0.25, 0.3) is 5.91 Å². The van der Waals surface area contributed by atoms with Gasteiger partial charge in [-0.15, -0.1) is 0 Å². The molecule has 7 nitrogen and oxygen atoms in total. The van der Waals surface area contributed by atoms with Crippen LogP contribution in [0.2, 0.25) is 0 Å². The van der Waals surface area contributed by atoms with E-state index in [9.17, 15) is 4.79 Å². The van der Waals surface area contributed by atoms with Crippen LogP contribution in [0.15, 0.2) is 41.4 Å². The first-order valence-electron chi connectivity index (χ1n) is 8.51. The van der Waals surface area contributed by atoms with Gasteiger partial charge in [-0.2, -0.15) is 5.10 Å². The zero-order valence-corrected chi connectivity index (χ0v) is 14.8. The molecule has 1 N–H and O–H groups in total. The third-order valence-electron chi connectivity index (χ3n) is 4.27. The Morgan fingerprint density at radius 2 is 2.16 bits per heavy atom. The fourth-order valence-electron chi connectivity index (χ4n) is 2.74. The van der Waals surface area contributed by atoms with Gasteiger partial charge in [0, 0.05) is 24.5 Å². The number of amides is 1. The Kier molecular flexibility index (Phi) is 5.14. The molecule has 0 fully saturated rings. The number of hydrogen-bond acceptors (Lipinski definition) is 5. The van der Waals surface area contributed by atoms with Crippen LogP contribution in [-0.4, -0.2) is 38.5 Å². The number of hydrogen-bond donors (Lipinski definition) is 1. The van der Waals surface area contributed by atoms with Gasteiger partial charge in [0.15, 0.2) is 5.65 Å². The van der Waals surface area contributed by atoms with E-state index in [1.165, 1.54) is 0 Å². The highest BCUT2D eigenvalue weighted by molar-refractivity contribution is 5.99. The van der Waals surface area contributed by atoms with Crippen molar-refractivity contribution in [1.29, 1.82) is 0 Å². The first-order valence-corrected chi connectivity index (χ1v) is 8.51. The SMILES string of the molecule is CCN(CC)Cc1cnc2c(C(=O)N[C@H](C)c3ccco3)cnn2c1. The lowest BCUT2D eigenvalue weighted by molar-refractivity contribution is 0.0937. The lowest BCUT2D eigenvalue weighted by Crippen LogP contribution is -2.26. The van der Waals surface area contributed by atoms with Crippen molar-refractivity contribution in [3.63, 3.8) is 0 Å². The Labute approximate surface area is 146 Å². The predicted octanol–water partition coefficient (Wildman–Crippen LogP) is 2.66. The maximum Gasteiger partial charge on any atom is 0.257 e. The first-order chi connectivity index (χ1) is 12.1. The Morgan fingerprint density at radius 3 is 2.84 bits per heavy atom. The van der Waals surface area contributed by atoms with Crippen molar-refractivity contribution < 1.29 is 9.21 Å². The molecule has 0 unspecified atom stereocenters. The summed E-state index contributed by atoms with van der Waals surface area (Å²) in [5.74, 6) is 0.488. The number of fused-ring (bicyclic) bond motifs is 1. The average Bonchev–Trinajstić information content (AvgIpc) is 3.28. The van der Waals surface area contributed by atoms with E-state index < -0.39 is 0 Å². The van der Waals surface area contributed by atoms with Crippen molar-refractivity contribution in [3.8, 4) is 0 Å². The van der Waals surface area contributed by atoms with Crippen molar-refractivity contribution >= 4 is 11.6 Å². The molecule has 0 radical (unpaired) electrons. The molecule has 0 bridgehead atoms. The van der Waals surface area contributed by atoms with E-state index in [-0.39, 0.29) is 11.9 Å². The van der Waals surface area contributed by atoms with Gasteiger partial charge in [0.1, 0.15) is 11.3 Å². The molecule has 7 heteroatoms. The standard InChI is InChI=1S/C18H23N5O2/c1-4-22(5-2)11-14-9-19-17-15(10-20-23(17)12-14)18(24)21-13(3)16-7-6-8-25-16/h6-10,12-13H,4-5,11H2,1-3H3,(H,21,24)/t13-/m1/s1. The maximum atomic E-state index is 12.5. The molecule has 0 spiro atoms. The van der Waals surface area contributed by atoms with Crippen LogP contribution in [0.1, 0.15) is 48.5 Å². The molecule has 1 atom stereocenters. The van der Waals surface area contributed by atoms with E-state index in [4.69, 9.17) is 4.42 Å². The number of aromatic nitrogens is 3. The molecule has 3 aromatic heterocycles. The molecule has 3 heterocycles. The van der Waals surface area contributed by atoms with Crippen LogP contribution in [0.5, 0.6) is 0 Å². The molecule has 0 aliphatic carbocycles. The molecular weight excluding hydrogens is 318 g/mol.